The van der Waals surface area contributed by atoms with E-state index in [1.54, 1.807) is 12.1 Å². The number of benzene rings is 2. The Morgan fingerprint density at radius 2 is 1.67 bits per heavy atom. The van der Waals surface area contributed by atoms with Crippen LogP contribution in [-0.4, -0.2) is 20.3 Å². The normalized spacial score (nSPS) is 14.1. The molecule has 0 unspecified atom stereocenters. The van der Waals surface area contributed by atoms with E-state index in [1.807, 2.05) is 30.3 Å². The van der Waals surface area contributed by atoms with Crippen LogP contribution in [0.5, 0.6) is 0 Å². The molecule has 0 atom stereocenters. The zero-order chi connectivity index (χ0) is 17.4. The quantitative estimate of drug-likeness (QED) is 0.782. The lowest BCUT2D eigenvalue weighted by Gasteiger charge is -2.22. The van der Waals surface area contributed by atoms with Crippen molar-refractivity contribution in [3.8, 4) is 11.1 Å². The third-order valence-electron chi connectivity index (χ3n) is 3.96. The maximum absolute atomic E-state index is 12.3. The molecular formula is C17H15F3O3S. The molecule has 0 saturated carbocycles. The number of aryl methyl sites for hydroxylation is 1. The summed E-state index contributed by atoms with van der Waals surface area (Å²) in [6.45, 7) is -0.385. The molecule has 24 heavy (non-hydrogen) atoms. The number of fused-ring (bicyclic) bond motifs is 3. The Bertz CT molecular complexity index is 858. The minimum absolute atomic E-state index is 0.385. The van der Waals surface area contributed by atoms with Gasteiger partial charge in [-0.15, -0.1) is 0 Å². The molecule has 2 aromatic rings. The molecule has 7 heteroatoms. The average molecular weight is 356 g/mol. The predicted octanol–water partition coefficient (Wildman–Crippen LogP) is 3.86. The SMILES string of the molecule is O=S(=O)(CC(F)(F)F)OCc1cccc2c1CCc1ccccc1-2. The van der Waals surface area contributed by atoms with Crippen molar-refractivity contribution >= 4 is 10.1 Å². The molecule has 0 heterocycles. The molecule has 0 bridgehead atoms. The molecule has 0 radical (unpaired) electrons. The Kier molecular flexibility index (Phi) is 4.40. The van der Waals surface area contributed by atoms with Crippen molar-refractivity contribution in [2.24, 2.45) is 0 Å². The molecule has 2 aromatic carbocycles. The van der Waals surface area contributed by atoms with Gasteiger partial charge >= 0.3 is 6.18 Å². The topological polar surface area (TPSA) is 43.4 Å². The molecule has 0 spiro atoms. The summed E-state index contributed by atoms with van der Waals surface area (Å²) >= 11 is 0. The van der Waals surface area contributed by atoms with Gasteiger partial charge < -0.3 is 0 Å². The first-order valence-corrected chi connectivity index (χ1v) is 8.96. The molecule has 0 fully saturated rings. The van der Waals surface area contributed by atoms with Gasteiger partial charge in [-0.3, -0.25) is 4.18 Å². The first kappa shape index (κ1) is 17.0. The van der Waals surface area contributed by atoms with Crippen molar-refractivity contribution in [3.63, 3.8) is 0 Å². The second kappa shape index (κ2) is 6.22. The molecule has 3 nitrogen and oxygen atoms in total. The van der Waals surface area contributed by atoms with E-state index in [0.29, 0.717) is 12.0 Å². The van der Waals surface area contributed by atoms with E-state index in [-0.39, 0.29) is 6.61 Å². The summed E-state index contributed by atoms with van der Waals surface area (Å²) in [5.74, 6) is -1.97. The highest BCUT2D eigenvalue weighted by Crippen LogP contribution is 2.35. The van der Waals surface area contributed by atoms with E-state index in [0.717, 1.165) is 23.1 Å². The zero-order valence-electron chi connectivity index (χ0n) is 12.6. The van der Waals surface area contributed by atoms with Gasteiger partial charge in [0.1, 0.15) is 0 Å². The van der Waals surface area contributed by atoms with Crippen LogP contribution in [0.4, 0.5) is 13.2 Å². The highest BCUT2D eigenvalue weighted by molar-refractivity contribution is 7.86. The fourth-order valence-electron chi connectivity index (χ4n) is 2.97. The van der Waals surface area contributed by atoms with Gasteiger partial charge in [-0.05, 0) is 40.7 Å². The van der Waals surface area contributed by atoms with E-state index < -0.39 is 22.0 Å². The second-order valence-electron chi connectivity index (χ2n) is 5.68. The summed E-state index contributed by atoms with van der Waals surface area (Å²) in [6.07, 6.45) is -3.31. The monoisotopic (exact) mass is 356 g/mol. The van der Waals surface area contributed by atoms with Gasteiger partial charge in [-0.25, -0.2) is 0 Å². The maximum Gasteiger partial charge on any atom is 0.405 e. The first-order chi connectivity index (χ1) is 11.3. The lowest BCUT2D eigenvalue weighted by Crippen LogP contribution is -2.24. The van der Waals surface area contributed by atoms with Crippen LogP contribution >= 0.6 is 0 Å². The number of hydrogen-bond donors (Lipinski definition) is 0. The molecule has 0 saturated heterocycles. The minimum atomic E-state index is -4.81. The number of rotatable bonds is 4. The van der Waals surface area contributed by atoms with Crippen molar-refractivity contribution < 1.29 is 25.8 Å². The smallest absolute Gasteiger partial charge is 0.265 e. The van der Waals surface area contributed by atoms with E-state index >= 15 is 0 Å². The second-order valence-corrected chi connectivity index (χ2v) is 7.32. The lowest BCUT2D eigenvalue weighted by molar-refractivity contribution is -0.107. The number of hydrogen-bond acceptors (Lipinski definition) is 3. The molecule has 0 N–H and O–H groups in total. The summed E-state index contributed by atoms with van der Waals surface area (Å²) in [5.41, 5.74) is 4.78. The van der Waals surface area contributed by atoms with E-state index in [4.69, 9.17) is 0 Å². The Morgan fingerprint density at radius 3 is 2.42 bits per heavy atom. The van der Waals surface area contributed by atoms with E-state index in [2.05, 4.69) is 4.18 Å². The van der Waals surface area contributed by atoms with Crippen molar-refractivity contribution in [2.45, 2.75) is 25.6 Å². The molecular weight excluding hydrogens is 341 g/mol. The van der Waals surface area contributed by atoms with E-state index in [9.17, 15) is 21.6 Å². The largest absolute Gasteiger partial charge is 0.405 e. The summed E-state index contributed by atoms with van der Waals surface area (Å²) in [7, 11) is -4.65. The van der Waals surface area contributed by atoms with Crippen LogP contribution in [0.15, 0.2) is 42.5 Å². The molecule has 0 aliphatic heterocycles. The fraction of sp³-hybridized carbons (Fsp3) is 0.294. The van der Waals surface area contributed by atoms with Gasteiger partial charge in [0.25, 0.3) is 10.1 Å². The van der Waals surface area contributed by atoms with Gasteiger partial charge in [0.2, 0.25) is 0 Å². The molecule has 1 aliphatic rings. The molecule has 0 amide bonds. The third-order valence-corrected chi connectivity index (χ3v) is 5.12. The maximum atomic E-state index is 12.3. The van der Waals surface area contributed by atoms with E-state index in [1.165, 1.54) is 5.56 Å². The van der Waals surface area contributed by atoms with Gasteiger partial charge in [0.15, 0.2) is 5.75 Å². The number of alkyl halides is 3. The highest BCUT2D eigenvalue weighted by Gasteiger charge is 2.36. The van der Waals surface area contributed by atoms with Crippen LogP contribution in [0, 0.1) is 0 Å². The molecule has 3 rings (SSSR count). The zero-order valence-corrected chi connectivity index (χ0v) is 13.5. The van der Waals surface area contributed by atoms with Crippen molar-refractivity contribution in [2.75, 3.05) is 5.75 Å². The van der Waals surface area contributed by atoms with Gasteiger partial charge in [0, 0.05) is 0 Å². The van der Waals surface area contributed by atoms with Gasteiger partial charge in [-0.2, -0.15) is 21.6 Å². The number of halogens is 3. The average Bonchev–Trinajstić information content (AvgIpc) is 2.50. The van der Waals surface area contributed by atoms with Gasteiger partial charge in [0.05, 0.1) is 6.61 Å². The Hall–Kier alpha value is -1.86. The Balaban J connectivity index is 1.85. The molecule has 128 valence electrons. The summed E-state index contributed by atoms with van der Waals surface area (Å²) < 4.78 is 64.3. The minimum Gasteiger partial charge on any atom is -0.265 e. The summed E-state index contributed by atoms with van der Waals surface area (Å²) in [5, 5.41) is 0. The molecule has 0 aromatic heterocycles. The predicted molar refractivity (Wildman–Crippen MR) is 83.9 cm³/mol. The van der Waals surface area contributed by atoms with Crippen LogP contribution in [0.25, 0.3) is 11.1 Å². The van der Waals surface area contributed by atoms with Crippen molar-refractivity contribution in [3.05, 3.63) is 59.2 Å². The van der Waals surface area contributed by atoms with Gasteiger partial charge in [-0.1, -0.05) is 42.5 Å². The van der Waals surface area contributed by atoms with Crippen LogP contribution in [0.2, 0.25) is 0 Å². The standard InChI is InChI=1S/C17H15F3O3S/c18-17(19,20)11-24(21,22)23-10-13-5-3-7-16-14-6-2-1-4-12(14)8-9-15(13)16/h1-7H,8-11H2. The lowest BCUT2D eigenvalue weighted by atomic mass is 9.83. The van der Waals surface area contributed by atoms with Crippen LogP contribution in [0.1, 0.15) is 16.7 Å². The van der Waals surface area contributed by atoms with Crippen molar-refractivity contribution in [1.82, 2.24) is 0 Å². The molecule has 1 aliphatic carbocycles. The van der Waals surface area contributed by atoms with Crippen LogP contribution < -0.4 is 0 Å². The third kappa shape index (κ3) is 3.79. The Morgan fingerprint density at radius 1 is 0.958 bits per heavy atom. The van der Waals surface area contributed by atoms with Crippen LogP contribution in [-0.2, 0) is 33.7 Å². The Labute approximate surface area is 138 Å². The first-order valence-electron chi connectivity index (χ1n) is 7.38. The van der Waals surface area contributed by atoms with Crippen LogP contribution in [0.3, 0.4) is 0 Å². The summed E-state index contributed by atoms with van der Waals surface area (Å²) in [6, 6.07) is 13.3. The highest BCUT2D eigenvalue weighted by atomic mass is 32.2. The summed E-state index contributed by atoms with van der Waals surface area (Å²) in [4.78, 5) is 0. The van der Waals surface area contributed by atoms with Crippen molar-refractivity contribution in [1.29, 1.82) is 0 Å². The fourth-order valence-corrected chi connectivity index (χ4v) is 3.76.